The number of carbonyl (C=O) groups excluding carboxylic acids is 2. The van der Waals surface area contributed by atoms with Crippen molar-refractivity contribution in [2.45, 2.75) is 11.8 Å². The van der Waals surface area contributed by atoms with Crippen LogP contribution < -0.4 is 10.1 Å². The lowest BCUT2D eigenvalue weighted by atomic mass is 10.2. The summed E-state index contributed by atoms with van der Waals surface area (Å²) in [4.78, 5) is 25.0. The third kappa shape index (κ3) is 6.61. The Bertz CT molecular complexity index is 737. The Hall–Kier alpha value is -2.18. The Morgan fingerprint density at radius 2 is 1.85 bits per heavy atom. The van der Waals surface area contributed by atoms with Crippen molar-refractivity contribution in [2.75, 3.05) is 25.5 Å². The Morgan fingerprint density at radius 3 is 2.58 bits per heavy atom. The molecule has 0 bridgehead atoms. The zero-order chi connectivity index (χ0) is 18.8. The van der Waals surface area contributed by atoms with E-state index >= 15 is 0 Å². The number of benzene rings is 2. The molecular weight excluding hydrogens is 374 g/mol. The summed E-state index contributed by atoms with van der Waals surface area (Å²) in [6.45, 7) is 2.41. The van der Waals surface area contributed by atoms with Crippen molar-refractivity contribution < 1.29 is 19.1 Å². The molecule has 0 saturated carbocycles. The molecule has 0 unspecified atom stereocenters. The summed E-state index contributed by atoms with van der Waals surface area (Å²) in [7, 11) is 0. The van der Waals surface area contributed by atoms with Gasteiger partial charge < -0.3 is 14.8 Å². The standard InChI is InChI=1S/C19H20ClNO4S/c1-2-24-17-6-4-3-5-16(17)19(23)25-13-18(22)21-11-12-26-15-9-7-14(20)8-10-15/h3-10H,2,11-13H2,1H3,(H,21,22). The Balaban J connectivity index is 1.70. The van der Waals surface area contributed by atoms with Gasteiger partial charge in [-0.3, -0.25) is 4.79 Å². The Morgan fingerprint density at radius 1 is 1.12 bits per heavy atom. The van der Waals surface area contributed by atoms with E-state index in [1.165, 1.54) is 0 Å². The lowest BCUT2D eigenvalue weighted by Gasteiger charge is -2.10. The van der Waals surface area contributed by atoms with E-state index in [-0.39, 0.29) is 12.5 Å². The molecule has 0 fully saturated rings. The molecule has 0 heterocycles. The highest BCUT2D eigenvalue weighted by Gasteiger charge is 2.14. The van der Waals surface area contributed by atoms with Crippen LogP contribution in [0.3, 0.4) is 0 Å². The molecule has 5 nitrogen and oxygen atoms in total. The van der Waals surface area contributed by atoms with E-state index in [4.69, 9.17) is 21.1 Å². The first-order valence-corrected chi connectivity index (χ1v) is 9.50. The van der Waals surface area contributed by atoms with Crippen molar-refractivity contribution in [3.05, 3.63) is 59.1 Å². The van der Waals surface area contributed by atoms with Crippen molar-refractivity contribution in [2.24, 2.45) is 0 Å². The first-order chi connectivity index (χ1) is 12.6. The van der Waals surface area contributed by atoms with Crippen LogP contribution in [0.15, 0.2) is 53.4 Å². The zero-order valence-electron chi connectivity index (χ0n) is 14.4. The second kappa shape index (κ2) is 10.7. The van der Waals surface area contributed by atoms with Crippen LogP contribution in [0.4, 0.5) is 0 Å². The molecule has 26 heavy (non-hydrogen) atoms. The molecule has 0 spiro atoms. The fourth-order valence-corrected chi connectivity index (χ4v) is 2.96. The average Bonchev–Trinajstić information content (AvgIpc) is 2.65. The summed E-state index contributed by atoms with van der Waals surface area (Å²) < 4.78 is 10.4. The summed E-state index contributed by atoms with van der Waals surface area (Å²) in [6.07, 6.45) is 0. The summed E-state index contributed by atoms with van der Waals surface area (Å²) in [5, 5.41) is 3.41. The van der Waals surface area contributed by atoms with Crippen LogP contribution >= 0.6 is 23.4 Å². The minimum atomic E-state index is -0.584. The molecule has 138 valence electrons. The van der Waals surface area contributed by atoms with Crippen LogP contribution in [0, 0.1) is 0 Å². The Kier molecular flexibility index (Phi) is 8.31. The lowest BCUT2D eigenvalue weighted by Crippen LogP contribution is -2.30. The van der Waals surface area contributed by atoms with Crippen molar-refractivity contribution in [1.82, 2.24) is 5.32 Å². The van der Waals surface area contributed by atoms with Crippen LogP contribution in [0.1, 0.15) is 17.3 Å². The second-order valence-corrected chi connectivity index (χ2v) is 6.76. The number of hydrogen-bond acceptors (Lipinski definition) is 5. The van der Waals surface area contributed by atoms with Gasteiger partial charge in [0.1, 0.15) is 11.3 Å². The number of ether oxygens (including phenoxy) is 2. The van der Waals surface area contributed by atoms with Gasteiger partial charge >= 0.3 is 5.97 Å². The molecule has 0 radical (unpaired) electrons. The summed E-state index contributed by atoms with van der Waals surface area (Å²) >= 11 is 7.43. The minimum Gasteiger partial charge on any atom is -0.493 e. The quantitative estimate of drug-likeness (QED) is 0.398. The third-order valence-electron chi connectivity index (χ3n) is 3.25. The average molecular weight is 394 g/mol. The molecule has 2 rings (SSSR count). The molecule has 7 heteroatoms. The van der Waals surface area contributed by atoms with Gasteiger partial charge in [-0.15, -0.1) is 11.8 Å². The first kappa shape index (κ1) is 20.1. The maximum absolute atomic E-state index is 12.1. The van der Waals surface area contributed by atoms with Crippen molar-refractivity contribution >= 4 is 35.2 Å². The molecule has 1 N–H and O–H groups in total. The molecule has 1 amide bonds. The molecular formula is C19H20ClNO4S. The Labute approximate surface area is 162 Å². The van der Waals surface area contributed by atoms with E-state index in [0.717, 1.165) is 4.90 Å². The normalized spacial score (nSPS) is 10.2. The number of hydrogen-bond donors (Lipinski definition) is 1. The van der Waals surface area contributed by atoms with Crippen molar-refractivity contribution in [3.63, 3.8) is 0 Å². The number of halogens is 1. The third-order valence-corrected chi connectivity index (χ3v) is 4.51. The molecule has 2 aromatic carbocycles. The van der Waals surface area contributed by atoms with E-state index in [1.807, 2.05) is 31.2 Å². The second-order valence-electron chi connectivity index (χ2n) is 5.16. The molecule has 2 aromatic rings. The number of amides is 1. The van der Waals surface area contributed by atoms with E-state index in [1.54, 1.807) is 36.0 Å². The van der Waals surface area contributed by atoms with Gasteiger partial charge in [-0.1, -0.05) is 23.7 Å². The number of para-hydroxylation sites is 1. The van der Waals surface area contributed by atoms with Crippen molar-refractivity contribution in [1.29, 1.82) is 0 Å². The molecule has 0 aliphatic heterocycles. The fraction of sp³-hybridized carbons (Fsp3) is 0.263. The summed E-state index contributed by atoms with van der Waals surface area (Å²) in [5.41, 5.74) is 0.306. The molecule has 0 aromatic heterocycles. The summed E-state index contributed by atoms with van der Waals surface area (Å²) in [6, 6.07) is 14.3. The van der Waals surface area contributed by atoms with Crippen LogP contribution in [0.2, 0.25) is 5.02 Å². The SMILES string of the molecule is CCOc1ccccc1C(=O)OCC(=O)NCCSc1ccc(Cl)cc1. The highest BCUT2D eigenvalue weighted by molar-refractivity contribution is 7.99. The maximum atomic E-state index is 12.1. The largest absolute Gasteiger partial charge is 0.493 e. The van der Waals surface area contributed by atoms with E-state index in [9.17, 15) is 9.59 Å². The number of nitrogens with one attached hydrogen (secondary N) is 1. The van der Waals surface area contributed by atoms with Gasteiger partial charge in [-0.25, -0.2) is 4.79 Å². The predicted molar refractivity (Wildman–Crippen MR) is 103 cm³/mol. The van der Waals surface area contributed by atoms with Crippen LogP contribution in [0.5, 0.6) is 5.75 Å². The monoisotopic (exact) mass is 393 g/mol. The summed E-state index contributed by atoms with van der Waals surface area (Å²) in [5.74, 6) is 0.220. The zero-order valence-corrected chi connectivity index (χ0v) is 15.9. The molecule has 0 aliphatic rings. The number of carbonyl (C=O) groups is 2. The van der Waals surface area contributed by atoms with Crippen LogP contribution in [-0.4, -0.2) is 37.4 Å². The highest BCUT2D eigenvalue weighted by atomic mass is 35.5. The molecule has 0 aliphatic carbocycles. The lowest BCUT2D eigenvalue weighted by molar-refractivity contribution is -0.124. The van der Waals surface area contributed by atoms with Gasteiger partial charge in [0.2, 0.25) is 0 Å². The smallest absolute Gasteiger partial charge is 0.342 e. The van der Waals surface area contributed by atoms with Gasteiger partial charge in [0.05, 0.1) is 6.61 Å². The highest BCUT2D eigenvalue weighted by Crippen LogP contribution is 2.20. The van der Waals surface area contributed by atoms with Gasteiger partial charge in [0.15, 0.2) is 6.61 Å². The molecule has 0 atom stereocenters. The van der Waals surface area contributed by atoms with Crippen LogP contribution in [-0.2, 0) is 9.53 Å². The first-order valence-electron chi connectivity index (χ1n) is 8.14. The van der Waals surface area contributed by atoms with E-state index in [2.05, 4.69) is 5.32 Å². The van der Waals surface area contributed by atoms with Gasteiger partial charge in [-0.2, -0.15) is 0 Å². The number of rotatable bonds is 9. The van der Waals surface area contributed by atoms with Gasteiger partial charge in [-0.05, 0) is 43.3 Å². The van der Waals surface area contributed by atoms with E-state index < -0.39 is 5.97 Å². The topological polar surface area (TPSA) is 64.6 Å². The minimum absolute atomic E-state index is 0.306. The molecule has 0 saturated heterocycles. The number of thioether (sulfide) groups is 1. The van der Waals surface area contributed by atoms with Gasteiger partial charge in [0, 0.05) is 22.2 Å². The fourth-order valence-electron chi connectivity index (χ4n) is 2.07. The van der Waals surface area contributed by atoms with Crippen LogP contribution in [0.25, 0.3) is 0 Å². The number of esters is 1. The van der Waals surface area contributed by atoms with Crippen molar-refractivity contribution in [3.8, 4) is 5.75 Å². The van der Waals surface area contributed by atoms with E-state index in [0.29, 0.717) is 35.2 Å². The van der Waals surface area contributed by atoms with Gasteiger partial charge in [0.25, 0.3) is 5.91 Å². The maximum Gasteiger partial charge on any atom is 0.342 e. The predicted octanol–water partition coefficient (Wildman–Crippen LogP) is 3.80.